The zero-order chi connectivity index (χ0) is 11.4. The maximum Gasteiger partial charge on any atom is 0.130 e. The van der Waals surface area contributed by atoms with E-state index in [0.29, 0.717) is 5.41 Å². The van der Waals surface area contributed by atoms with E-state index in [9.17, 15) is 0 Å². The van der Waals surface area contributed by atoms with Crippen LogP contribution in [0.1, 0.15) is 19.3 Å². The second-order valence-electron chi connectivity index (χ2n) is 4.32. The summed E-state index contributed by atoms with van der Waals surface area (Å²) in [6.45, 7) is 1.81. The summed E-state index contributed by atoms with van der Waals surface area (Å²) in [6, 6.07) is 1.90. The number of hydrogen-bond acceptors (Lipinski definition) is 4. The highest BCUT2D eigenvalue weighted by Gasteiger charge is 2.41. The molecule has 88 valence electrons. The fraction of sp³-hybridized carbons (Fsp3) is 0.636. The van der Waals surface area contributed by atoms with Crippen LogP contribution < -0.4 is 5.32 Å². The second-order valence-corrected chi connectivity index (χ2v) is 5.13. The molecule has 0 atom stereocenters. The van der Waals surface area contributed by atoms with Gasteiger partial charge in [-0.3, -0.25) is 0 Å². The summed E-state index contributed by atoms with van der Waals surface area (Å²) in [5.74, 6) is 0.880. The minimum atomic E-state index is 0.438. The predicted molar refractivity (Wildman–Crippen MR) is 66.4 cm³/mol. The minimum absolute atomic E-state index is 0.438. The van der Waals surface area contributed by atoms with Crippen molar-refractivity contribution in [2.45, 2.75) is 19.3 Å². The molecule has 0 aliphatic heterocycles. The lowest BCUT2D eigenvalue weighted by atomic mass is 10.0. The zero-order valence-electron chi connectivity index (χ0n) is 9.37. The smallest absolute Gasteiger partial charge is 0.130 e. The molecule has 0 spiro atoms. The maximum atomic E-state index is 5.13. The van der Waals surface area contributed by atoms with Gasteiger partial charge < -0.3 is 10.1 Å². The largest absolute Gasteiger partial charge is 0.385 e. The van der Waals surface area contributed by atoms with Crippen molar-refractivity contribution in [3.63, 3.8) is 0 Å². The lowest BCUT2D eigenvalue weighted by Crippen LogP contribution is -2.17. The number of methoxy groups -OCH3 is 1. The van der Waals surface area contributed by atoms with Crippen molar-refractivity contribution in [2.75, 3.05) is 25.6 Å². The number of nitrogens with zero attached hydrogens (tertiary/aromatic N) is 2. The number of rotatable bonds is 6. The van der Waals surface area contributed by atoms with E-state index in [0.717, 1.165) is 30.0 Å². The van der Waals surface area contributed by atoms with Gasteiger partial charge in [0, 0.05) is 26.3 Å². The van der Waals surface area contributed by atoms with Gasteiger partial charge in [0.1, 0.15) is 16.7 Å². The first kappa shape index (κ1) is 11.8. The van der Waals surface area contributed by atoms with Gasteiger partial charge in [0.2, 0.25) is 0 Å². The monoisotopic (exact) mass is 285 g/mol. The summed E-state index contributed by atoms with van der Waals surface area (Å²) in [5, 5.41) is 3.36. The van der Waals surface area contributed by atoms with Gasteiger partial charge in [0.25, 0.3) is 0 Å². The predicted octanol–water partition coefficient (Wildman–Crippen LogP) is 2.47. The SMILES string of the molecule is COCCC1(CNc2cc(Br)ncn2)CC1. The molecule has 1 N–H and O–H groups in total. The van der Waals surface area contributed by atoms with E-state index in [-0.39, 0.29) is 0 Å². The first-order valence-electron chi connectivity index (χ1n) is 5.44. The number of hydrogen-bond donors (Lipinski definition) is 1. The van der Waals surface area contributed by atoms with Crippen molar-refractivity contribution < 1.29 is 4.74 Å². The van der Waals surface area contributed by atoms with Crippen LogP contribution in [0.4, 0.5) is 5.82 Å². The highest BCUT2D eigenvalue weighted by Crippen LogP contribution is 2.48. The van der Waals surface area contributed by atoms with Gasteiger partial charge in [-0.25, -0.2) is 9.97 Å². The van der Waals surface area contributed by atoms with Crippen molar-refractivity contribution in [1.29, 1.82) is 0 Å². The molecule has 5 heteroatoms. The summed E-state index contributed by atoms with van der Waals surface area (Å²) >= 11 is 3.33. The third-order valence-electron chi connectivity index (χ3n) is 3.07. The van der Waals surface area contributed by atoms with E-state index in [1.165, 1.54) is 12.8 Å². The Bertz CT molecular complexity index is 355. The van der Waals surface area contributed by atoms with E-state index in [4.69, 9.17) is 4.74 Å². The molecule has 0 bridgehead atoms. The van der Waals surface area contributed by atoms with Crippen molar-refractivity contribution >= 4 is 21.7 Å². The minimum Gasteiger partial charge on any atom is -0.385 e. The van der Waals surface area contributed by atoms with Gasteiger partial charge in [-0.05, 0) is 40.6 Å². The molecule has 1 heterocycles. The molecule has 0 aromatic carbocycles. The van der Waals surface area contributed by atoms with Crippen LogP contribution in [0.3, 0.4) is 0 Å². The topological polar surface area (TPSA) is 47.0 Å². The Balaban J connectivity index is 1.83. The lowest BCUT2D eigenvalue weighted by molar-refractivity contribution is 0.175. The molecule has 1 aliphatic carbocycles. The van der Waals surface area contributed by atoms with Crippen LogP contribution in [0.5, 0.6) is 0 Å². The molecule has 4 nitrogen and oxygen atoms in total. The van der Waals surface area contributed by atoms with E-state index >= 15 is 0 Å². The van der Waals surface area contributed by atoms with Crippen LogP contribution in [0.25, 0.3) is 0 Å². The average molecular weight is 286 g/mol. The van der Waals surface area contributed by atoms with E-state index in [1.807, 2.05) is 6.07 Å². The van der Waals surface area contributed by atoms with Crippen molar-refractivity contribution in [2.24, 2.45) is 5.41 Å². The normalized spacial score (nSPS) is 17.1. The first-order chi connectivity index (χ1) is 7.74. The van der Waals surface area contributed by atoms with Gasteiger partial charge in [-0.1, -0.05) is 0 Å². The third-order valence-corrected chi connectivity index (χ3v) is 3.51. The van der Waals surface area contributed by atoms with Gasteiger partial charge in [0.05, 0.1) is 0 Å². The third kappa shape index (κ3) is 3.15. The van der Waals surface area contributed by atoms with Crippen LogP contribution >= 0.6 is 15.9 Å². The second kappa shape index (κ2) is 5.10. The van der Waals surface area contributed by atoms with E-state index < -0.39 is 0 Å². The number of ether oxygens (including phenoxy) is 1. The fourth-order valence-corrected chi connectivity index (χ4v) is 2.03. The van der Waals surface area contributed by atoms with Gasteiger partial charge in [-0.2, -0.15) is 0 Å². The number of aromatic nitrogens is 2. The number of anilines is 1. The first-order valence-corrected chi connectivity index (χ1v) is 6.24. The summed E-state index contributed by atoms with van der Waals surface area (Å²) < 4.78 is 5.94. The number of nitrogens with one attached hydrogen (secondary N) is 1. The maximum absolute atomic E-state index is 5.13. The molecule has 16 heavy (non-hydrogen) atoms. The Hall–Kier alpha value is -0.680. The van der Waals surface area contributed by atoms with Crippen LogP contribution in [0.15, 0.2) is 17.0 Å². The van der Waals surface area contributed by atoms with Crippen LogP contribution in [-0.4, -0.2) is 30.2 Å². The Kier molecular flexibility index (Phi) is 3.76. The molecule has 0 unspecified atom stereocenters. The summed E-state index contributed by atoms with van der Waals surface area (Å²) in [6.07, 6.45) is 5.26. The van der Waals surface area contributed by atoms with Crippen molar-refractivity contribution in [3.05, 3.63) is 17.0 Å². The Morgan fingerprint density at radius 3 is 2.94 bits per heavy atom. The Morgan fingerprint density at radius 2 is 2.31 bits per heavy atom. The quantitative estimate of drug-likeness (QED) is 0.816. The number of halogens is 1. The zero-order valence-corrected chi connectivity index (χ0v) is 11.0. The Labute approximate surface area is 104 Å². The fourth-order valence-electron chi connectivity index (χ4n) is 1.72. The van der Waals surface area contributed by atoms with Crippen LogP contribution in [-0.2, 0) is 4.74 Å². The molecular weight excluding hydrogens is 270 g/mol. The van der Waals surface area contributed by atoms with E-state index in [2.05, 4.69) is 31.2 Å². The summed E-state index contributed by atoms with van der Waals surface area (Å²) in [4.78, 5) is 8.16. The lowest BCUT2D eigenvalue weighted by Gasteiger charge is -2.15. The van der Waals surface area contributed by atoms with Gasteiger partial charge in [0.15, 0.2) is 0 Å². The molecule has 0 amide bonds. The molecule has 0 radical (unpaired) electrons. The highest BCUT2D eigenvalue weighted by atomic mass is 79.9. The summed E-state index contributed by atoms with van der Waals surface area (Å²) in [7, 11) is 1.76. The summed E-state index contributed by atoms with van der Waals surface area (Å²) in [5.41, 5.74) is 0.438. The molecular formula is C11H16BrN3O. The van der Waals surface area contributed by atoms with Gasteiger partial charge in [-0.15, -0.1) is 0 Å². The standard InChI is InChI=1S/C11H16BrN3O/c1-16-5-4-11(2-3-11)7-13-10-6-9(12)14-8-15-10/h6,8H,2-5,7H2,1H3,(H,13,14,15). The Morgan fingerprint density at radius 1 is 1.50 bits per heavy atom. The van der Waals surface area contributed by atoms with Gasteiger partial charge >= 0.3 is 0 Å². The molecule has 1 saturated carbocycles. The molecule has 2 rings (SSSR count). The molecule has 1 aromatic heterocycles. The van der Waals surface area contributed by atoms with Crippen molar-refractivity contribution in [3.8, 4) is 0 Å². The van der Waals surface area contributed by atoms with E-state index in [1.54, 1.807) is 13.4 Å². The molecule has 1 aliphatic rings. The highest BCUT2D eigenvalue weighted by molar-refractivity contribution is 9.10. The van der Waals surface area contributed by atoms with Crippen LogP contribution in [0.2, 0.25) is 0 Å². The molecule has 1 fully saturated rings. The molecule has 0 saturated heterocycles. The molecule has 1 aromatic rings. The average Bonchev–Trinajstić information content (AvgIpc) is 3.05. The van der Waals surface area contributed by atoms with Crippen LogP contribution in [0, 0.1) is 5.41 Å². The van der Waals surface area contributed by atoms with Crippen molar-refractivity contribution in [1.82, 2.24) is 9.97 Å².